The summed E-state index contributed by atoms with van der Waals surface area (Å²) in [7, 11) is 2.94. The van der Waals surface area contributed by atoms with Crippen molar-refractivity contribution < 1.29 is 18.7 Å². The summed E-state index contributed by atoms with van der Waals surface area (Å²) in [6.07, 6.45) is 0. The maximum Gasteiger partial charge on any atom is 0.251 e. The molecule has 0 fully saturated rings. The maximum atomic E-state index is 12.9. The molecule has 0 saturated carbocycles. The zero-order valence-electron chi connectivity index (χ0n) is 13.0. The smallest absolute Gasteiger partial charge is 0.251 e. The van der Waals surface area contributed by atoms with Gasteiger partial charge in [-0.15, -0.1) is 0 Å². The second-order valence-corrected chi connectivity index (χ2v) is 5.35. The van der Waals surface area contributed by atoms with Crippen molar-refractivity contribution in [1.29, 1.82) is 0 Å². The molecule has 0 heterocycles. The molecule has 0 saturated heterocycles. The number of rotatable bonds is 5. The molecule has 1 amide bonds. The van der Waals surface area contributed by atoms with E-state index in [0.29, 0.717) is 17.1 Å². The van der Waals surface area contributed by atoms with Crippen LogP contribution in [0.2, 0.25) is 5.02 Å². The molecule has 0 spiro atoms. The van der Waals surface area contributed by atoms with Gasteiger partial charge in [-0.05, 0) is 36.8 Å². The third-order valence-electron chi connectivity index (χ3n) is 3.41. The van der Waals surface area contributed by atoms with Gasteiger partial charge in [0.25, 0.3) is 5.91 Å². The minimum absolute atomic E-state index is 0.282. The van der Waals surface area contributed by atoms with Crippen molar-refractivity contribution in [2.45, 2.75) is 13.0 Å². The minimum Gasteiger partial charge on any atom is -0.493 e. The van der Waals surface area contributed by atoms with E-state index in [2.05, 4.69) is 5.32 Å². The molecule has 6 heteroatoms. The van der Waals surface area contributed by atoms with Gasteiger partial charge in [0, 0.05) is 5.56 Å². The van der Waals surface area contributed by atoms with Crippen LogP contribution in [-0.2, 0) is 0 Å². The molecule has 4 nitrogen and oxygen atoms in total. The lowest BCUT2D eigenvalue weighted by Crippen LogP contribution is -2.26. The van der Waals surface area contributed by atoms with E-state index < -0.39 is 0 Å². The molecule has 0 aliphatic heterocycles. The number of carbonyl (C=O) groups excluding carboxylic acids is 1. The van der Waals surface area contributed by atoms with Gasteiger partial charge in [-0.1, -0.05) is 23.7 Å². The molecule has 1 N–H and O–H groups in total. The lowest BCUT2D eigenvalue weighted by molar-refractivity contribution is 0.0939. The van der Waals surface area contributed by atoms with Crippen molar-refractivity contribution in [3.05, 3.63) is 58.4 Å². The topological polar surface area (TPSA) is 47.6 Å². The average molecular weight is 338 g/mol. The van der Waals surface area contributed by atoms with Gasteiger partial charge in [-0.2, -0.15) is 0 Å². The Balaban J connectivity index is 2.20. The molecule has 0 radical (unpaired) electrons. The van der Waals surface area contributed by atoms with E-state index in [1.165, 1.54) is 32.4 Å². The molecule has 0 bridgehead atoms. The molecule has 0 aliphatic rings. The summed E-state index contributed by atoms with van der Waals surface area (Å²) in [4.78, 5) is 12.4. The Kier molecular flexibility index (Phi) is 5.45. The lowest BCUT2D eigenvalue weighted by Gasteiger charge is -2.16. The third-order valence-corrected chi connectivity index (χ3v) is 3.69. The molecule has 2 aromatic carbocycles. The highest BCUT2D eigenvalue weighted by Gasteiger charge is 2.17. The van der Waals surface area contributed by atoms with Gasteiger partial charge in [-0.3, -0.25) is 4.79 Å². The summed E-state index contributed by atoms with van der Waals surface area (Å²) >= 11 is 6.10. The van der Waals surface area contributed by atoms with Crippen molar-refractivity contribution >= 4 is 17.5 Å². The predicted octanol–water partition coefficient (Wildman–Crippen LogP) is 3.99. The average Bonchev–Trinajstić information content (AvgIpc) is 2.54. The van der Waals surface area contributed by atoms with Crippen LogP contribution in [0.1, 0.15) is 28.9 Å². The fraction of sp³-hybridized carbons (Fsp3) is 0.235. The van der Waals surface area contributed by atoms with Crippen LogP contribution in [0.25, 0.3) is 0 Å². The summed E-state index contributed by atoms with van der Waals surface area (Å²) in [6.45, 7) is 1.81. The first-order valence-corrected chi connectivity index (χ1v) is 7.32. The molecule has 1 atom stereocenters. The van der Waals surface area contributed by atoms with Gasteiger partial charge in [0.05, 0.1) is 25.3 Å². The number of amides is 1. The van der Waals surface area contributed by atoms with E-state index in [9.17, 15) is 9.18 Å². The summed E-state index contributed by atoms with van der Waals surface area (Å²) in [5.74, 6) is 0.112. The SMILES string of the molecule is COc1cc(C(=O)NC(C)c2ccc(F)cc2)cc(Cl)c1OC. The van der Waals surface area contributed by atoms with Crippen LogP contribution >= 0.6 is 11.6 Å². The highest BCUT2D eigenvalue weighted by Crippen LogP contribution is 2.36. The molecule has 2 rings (SSSR count). The fourth-order valence-corrected chi connectivity index (χ4v) is 2.45. The number of halogens is 2. The third kappa shape index (κ3) is 3.93. The normalized spacial score (nSPS) is 11.7. The predicted molar refractivity (Wildman–Crippen MR) is 86.8 cm³/mol. The summed E-state index contributed by atoms with van der Waals surface area (Å²) < 4.78 is 23.3. The minimum atomic E-state index is -0.320. The molecular weight excluding hydrogens is 321 g/mol. The Bertz CT molecular complexity index is 704. The number of hydrogen-bond donors (Lipinski definition) is 1. The van der Waals surface area contributed by atoms with Gasteiger partial charge >= 0.3 is 0 Å². The number of carbonyl (C=O) groups is 1. The van der Waals surface area contributed by atoms with Crippen molar-refractivity contribution in [3.63, 3.8) is 0 Å². The van der Waals surface area contributed by atoms with Crippen LogP contribution in [0.15, 0.2) is 36.4 Å². The van der Waals surface area contributed by atoms with E-state index in [4.69, 9.17) is 21.1 Å². The van der Waals surface area contributed by atoms with Crippen LogP contribution in [0.5, 0.6) is 11.5 Å². The van der Waals surface area contributed by atoms with Crippen molar-refractivity contribution in [3.8, 4) is 11.5 Å². The van der Waals surface area contributed by atoms with Crippen LogP contribution in [-0.4, -0.2) is 20.1 Å². The van der Waals surface area contributed by atoms with Crippen molar-refractivity contribution in [2.24, 2.45) is 0 Å². The van der Waals surface area contributed by atoms with Crippen molar-refractivity contribution in [1.82, 2.24) is 5.32 Å². The quantitative estimate of drug-likeness (QED) is 0.897. The van der Waals surface area contributed by atoms with E-state index in [-0.39, 0.29) is 22.8 Å². The summed E-state index contributed by atoms with van der Waals surface area (Å²) in [6, 6.07) is 8.74. The second-order valence-electron chi connectivity index (χ2n) is 4.94. The highest BCUT2D eigenvalue weighted by molar-refractivity contribution is 6.32. The lowest BCUT2D eigenvalue weighted by atomic mass is 10.1. The molecular formula is C17H17ClFNO3. The van der Waals surface area contributed by atoms with E-state index in [1.807, 2.05) is 6.92 Å². The molecule has 23 heavy (non-hydrogen) atoms. The zero-order valence-corrected chi connectivity index (χ0v) is 13.8. The number of ether oxygens (including phenoxy) is 2. The molecule has 1 unspecified atom stereocenters. The summed E-state index contributed by atoms with van der Waals surface area (Å²) in [5, 5.41) is 3.12. The number of nitrogens with one attached hydrogen (secondary N) is 1. The Hall–Kier alpha value is -2.27. The summed E-state index contributed by atoms with van der Waals surface area (Å²) in [5.41, 5.74) is 1.15. The van der Waals surface area contributed by atoms with Gasteiger partial charge < -0.3 is 14.8 Å². The molecule has 2 aromatic rings. The Morgan fingerprint density at radius 2 is 1.83 bits per heavy atom. The van der Waals surface area contributed by atoms with Gasteiger partial charge in [0.1, 0.15) is 5.82 Å². The Morgan fingerprint density at radius 1 is 1.17 bits per heavy atom. The largest absolute Gasteiger partial charge is 0.493 e. The van der Waals surface area contributed by atoms with Gasteiger partial charge in [-0.25, -0.2) is 4.39 Å². The fourth-order valence-electron chi connectivity index (χ4n) is 2.16. The first-order valence-electron chi connectivity index (χ1n) is 6.94. The Labute approximate surface area is 139 Å². The van der Waals surface area contributed by atoms with Crippen LogP contribution < -0.4 is 14.8 Å². The monoisotopic (exact) mass is 337 g/mol. The van der Waals surface area contributed by atoms with Crippen LogP contribution in [0.4, 0.5) is 4.39 Å². The number of hydrogen-bond acceptors (Lipinski definition) is 3. The molecule has 0 aromatic heterocycles. The van der Waals surface area contributed by atoms with E-state index in [1.54, 1.807) is 18.2 Å². The van der Waals surface area contributed by atoms with Gasteiger partial charge in [0.15, 0.2) is 11.5 Å². The second kappa shape index (κ2) is 7.33. The Morgan fingerprint density at radius 3 is 2.39 bits per heavy atom. The zero-order chi connectivity index (χ0) is 17.0. The highest BCUT2D eigenvalue weighted by atomic mass is 35.5. The van der Waals surface area contributed by atoms with Crippen molar-refractivity contribution in [2.75, 3.05) is 14.2 Å². The number of benzene rings is 2. The standard InChI is InChI=1S/C17H17ClFNO3/c1-10(11-4-6-13(19)7-5-11)20-17(21)12-8-14(18)16(23-3)15(9-12)22-2/h4-10H,1-3H3,(H,20,21). The van der Waals surface area contributed by atoms with Gasteiger partial charge in [0.2, 0.25) is 0 Å². The van der Waals surface area contributed by atoms with E-state index in [0.717, 1.165) is 5.56 Å². The van der Waals surface area contributed by atoms with Crippen LogP contribution in [0, 0.1) is 5.82 Å². The van der Waals surface area contributed by atoms with Crippen LogP contribution in [0.3, 0.4) is 0 Å². The first-order chi connectivity index (χ1) is 11.0. The first kappa shape index (κ1) is 17.1. The molecule has 122 valence electrons. The maximum absolute atomic E-state index is 12.9. The van der Waals surface area contributed by atoms with E-state index >= 15 is 0 Å². The molecule has 0 aliphatic carbocycles. The number of methoxy groups -OCH3 is 2.